The molecule has 1 aromatic carbocycles. The summed E-state index contributed by atoms with van der Waals surface area (Å²) in [5, 5.41) is 0. The Labute approximate surface area is 155 Å². The molecule has 0 saturated carbocycles. The Morgan fingerprint density at radius 1 is 1.04 bits per heavy atom. The zero-order valence-electron chi connectivity index (χ0n) is 15.6. The average Bonchev–Trinajstić information content (AvgIpc) is 3.16. The van der Waals surface area contributed by atoms with Gasteiger partial charge in [-0.1, -0.05) is 6.07 Å². The van der Waals surface area contributed by atoms with Crippen LogP contribution in [0.5, 0.6) is 5.75 Å². The van der Waals surface area contributed by atoms with Crippen LogP contribution < -0.4 is 25.8 Å². The molecule has 1 fully saturated rings. The van der Waals surface area contributed by atoms with Crippen molar-refractivity contribution in [1.29, 1.82) is 0 Å². The van der Waals surface area contributed by atoms with Gasteiger partial charge in [0.25, 0.3) is 5.56 Å². The first-order valence-electron chi connectivity index (χ1n) is 8.79. The van der Waals surface area contributed by atoms with Crippen LogP contribution in [0, 0.1) is 0 Å². The van der Waals surface area contributed by atoms with Gasteiger partial charge < -0.3 is 19.5 Å². The summed E-state index contributed by atoms with van der Waals surface area (Å²) < 4.78 is 7.78. The lowest BCUT2D eigenvalue weighted by Gasteiger charge is -2.36. The molecule has 4 rings (SSSR count). The van der Waals surface area contributed by atoms with Gasteiger partial charge >= 0.3 is 5.69 Å². The number of aromatic amines is 1. The van der Waals surface area contributed by atoms with Gasteiger partial charge in [-0.2, -0.15) is 4.98 Å². The monoisotopic (exact) mass is 370 g/mol. The second-order valence-corrected chi connectivity index (χ2v) is 6.64. The van der Waals surface area contributed by atoms with Crippen molar-refractivity contribution in [2.75, 3.05) is 43.1 Å². The smallest absolute Gasteiger partial charge is 0.332 e. The number of methoxy groups -OCH3 is 1. The number of hydrogen-bond acceptors (Lipinski definition) is 6. The SMILES string of the molecule is COc1cccc(N2CCN(c3nc4c([nH]3)c(=O)n(C)c(=O)n4C)CC2)c1. The second kappa shape index (κ2) is 6.49. The molecule has 2 aromatic heterocycles. The van der Waals surface area contributed by atoms with E-state index in [2.05, 4.69) is 25.8 Å². The molecule has 142 valence electrons. The van der Waals surface area contributed by atoms with E-state index in [1.54, 1.807) is 14.2 Å². The zero-order chi connectivity index (χ0) is 19.1. The molecule has 9 nitrogen and oxygen atoms in total. The van der Waals surface area contributed by atoms with Crippen molar-refractivity contribution in [3.05, 3.63) is 45.1 Å². The molecule has 1 N–H and O–H groups in total. The standard InChI is InChI=1S/C18H22N6O3/c1-21-15-14(16(25)22(2)18(21)26)19-17(20-15)24-9-7-23(8-10-24)12-5-4-6-13(11-12)27-3/h4-6,11H,7-10H2,1-3H3,(H,19,20). The molecule has 1 saturated heterocycles. The Morgan fingerprint density at radius 3 is 2.44 bits per heavy atom. The van der Waals surface area contributed by atoms with Gasteiger partial charge in [0.15, 0.2) is 11.2 Å². The molecule has 1 aliphatic rings. The maximum atomic E-state index is 12.3. The topological polar surface area (TPSA) is 88.4 Å². The highest BCUT2D eigenvalue weighted by Gasteiger charge is 2.22. The van der Waals surface area contributed by atoms with E-state index in [-0.39, 0.29) is 11.2 Å². The minimum Gasteiger partial charge on any atom is -0.497 e. The van der Waals surface area contributed by atoms with E-state index in [0.717, 1.165) is 42.2 Å². The van der Waals surface area contributed by atoms with Crippen LogP contribution in [0.4, 0.5) is 11.6 Å². The van der Waals surface area contributed by atoms with Crippen molar-refractivity contribution in [3.63, 3.8) is 0 Å². The van der Waals surface area contributed by atoms with Crippen LogP contribution in [-0.2, 0) is 14.1 Å². The third kappa shape index (κ3) is 2.84. The minimum absolute atomic E-state index is 0.352. The van der Waals surface area contributed by atoms with Gasteiger partial charge in [-0.05, 0) is 12.1 Å². The first-order valence-corrected chi connectivity index (χ1v) is 8.79. The van der Waals surface area contributed by atoms with Crippen LogP contribution in [0.1, 0.15) is 0 Å². The number of H-pyrrole nitrogens is 1. The molecule has 0 radical (unpaired) electrons. The Kier molecular flexibility index (Phi) is 4.14. The first-order chi connectivity index (χ1) is 13.0. The van der Waals surface area contributed by atoms with Gasteiger partial charge in [0.1, 0.15) is 5.75 Å². The van der Waals surface area contributed by atoms with Gasteiger partial charge in [-0.15, -0.1) is 0 Å². The molecule has 9 heteroatoms. The Hall–Kier alpha value is -3.23. The van der Waals surface area contributed by atoms with Crippen molar-refractivity contribution in [2.24, 2.45) is 14.1 Å². The predicted octanol–water partition coefficient (Wildman–Crippen LogP) is 0.296. The quantitative estimate of drug-likeness (QED) is 0.713. The molecule has 27 heavy (non-hydrogen) atoms. The number of benzene rings is 1. The largest absolute Gasteiger partial charge is 0.497 e. The number of anilines is 2. The van der Waals surface area contributed by atoms with Crippen LogP contribution in [0.3, 0.4) is 0 Å². The molecular weight excluding hydrogens is 348 g/mol. The second-order valence-electron chi connectivity index (χ2n) is 6.64. The van der Waals surface area contributed by atoms with Crippen molar-refractivity contribution in [2.45, 2.75) is 0 Å². The fourth-order valence-corrected chi connectivity index (χ4v) is 3.45. The molecule has 0 spiro atoms. The number of nitrogens with zero attached hydrogens (tertiary/aromatic N) is 5. The number of aryl methyl sites for hydroxylation is 1. The van der Waals surface area contributed by atoms with Gasteiger partial charge in [0, 0.05) is 52.0 Å². The van der Waals surface area contributed by atoms with E-state index in [1.807, 2.05) is 18.2 Å². The highest BCUT2D eigenvalue weighted by molar-refractivity contribution is 5.73. The van der Waals surface area contributed by atoms with Crippen LogP contribution in [0.15, 0.2) is 33.9 Å². The van der Waals surface area contributed by atoms with Crippen molar-refractivity contribution in [1.82, 2.24) is 19.1 Å². The maximum Gasteiger partial charge on any atom is 0.332 e. The summed E-state index contributed by atoms with van der Waals surface area (Å²) in [4.78, 5) is 36.4. The number of fused-ring (bicyclic) bond motifs is 1. The van der Waals surface area contributed by atoms with E-state index in [0.29, 0.717) is 17.1 Å². The van der Waals surface area contributed by atoms with Crippen LogP contribution >= 0.6 is 0 Å². The molecule has 0 bridgehead atoms. The third-order valence-corrected chi connectivity index (χ3v) is 5.08. The average molecular weight is 370 g/mol. The number of piperazine rings is 1. The molecule has 3 aromatic rings. The van der Waals surface area contributed by atoms with Crippen LogP contribution in [0.2, 0.25) is 0 Å². The normalized spacial score (nSPS) is 14.8. The molecule has 0 aliphatic carbocycles. The summed E-state index contributed by atoms with van der Waals surface area (Å²) in [6.45, 7) is 3.15. The van der Waals surface area contributed by atoms with E-state index < -0.39 is 0 Å². The summed E-state index contributed by atoms with van der Waals surface area (Å²) in [5.41, 5.74) is 1.11. The number of rotatable bonds is 3. The van der Waals surface area contributed by atoms with Crippen molar-refractivity contribution in [3.8, 4) is 5.75 Å². The summed E-state index contributed by atoms with van der Waals surface area (Å²) in [7, 11) is 4.75. The lowest BCUT2D eigenvalue weighted by atomic mass is 10.2. The molecule has 0 unspecified atom stereocenters. The Morgan fingerprint density at radius 2 is 1.74 bits per heavy atom. The van der Waals surface area contributed by atoms with Crippen molar-refractivity contribution >= 4 is 22.8 Å². The van der Waals surface area contributed by atoms with Gasteiger partial charge in [0.2, 0.25) is 5.95 Å². The Balaban J connectivity index is 1.58. The van der Waals surface area contributed by atoms with Gasteiger partial charge in [0.05, 0.1) is 7.11 Å². The zero-order valence-corrected chi connectivity index (χ0v) is 15.6. The lowest BCUT2D eigenvalue weighted by molar-refractivity contribution is 0.414. The predicted molar refractivity (Wildman–Crippen MR) is 104 cm³/mol. The van der Waals surface area contributed by atoms with Crippen LogP contribution in [0.25, 0.3) is 11.2 Å². The minimum atomic E-state index is -0.381. The number of aromatic nitrogens is 4. The molecular formula is C18H22N6O3. The van der Waals surface area contributed by atoms with E-state index in [1.165, 1.54) is 11.6 Å². The van der Waals surface area contributed by atoms with Gasteiger partial charge in [-0.3, -0.25) is 13.9 Å². The molecule has 0 atom stereocenters. The van der Waals surface area contributed by atoms with E-state index in [4.69, 9.17) is 4.74 Å². The first kappa shape index (κ1) is 17.2. The number of hydrogen-bond donors (Lipinski definition) is 1. The number of imidazole rings is 1. The highest BCUT2D eigenvalue weighted by atomic mass is 16.5. The highest BCUT2D eigenvalue weighted by Crippen LogP contribution is 2.23. The molecule has 1 aliphatic heterocycles. The summed E-state index contributed by atoms with van der Waals surface area (Å²) in [6, 6.07) is 8.00. The lowest BCUT2D eigenvalue weighted by Crippen LogP contribution is -2.47. The molecule has 3 heterocycles. The number of ether oxygens (including phenoxy) is 1. The summed E-state index contributed by atoms with van der Waals surface area (Å²) in [6.07, 6.45) is 0. The van der Waals surface area contributed by atoms with E-state index in [9.17, 15) is 9.59 Å². The number of nitrogens with one attached hydrogen (secondary N) is 1. The third-order valence-electron chi connectivity index (χ3n) is 5.08. The van der Waals surface area contributed by atoms with E-state index >= 15 is 0 Å². The fraction of sp³-hybridized carbons (Fsp3) is 0.389. The van der Waals surface area contributed by atoms with Crippen molar-refractivity contribution < 1.29 is 4.74 Å². The van der Waals surface area contributed by atoms with Gasteiger partial charge in [-0.25, -0.2) is 4.79 Å². The molecule has 0 amide bonds. The fourth-order valence-electron chi connectivity index (χ4n) is 3.45. The maximum absolute atomic E-state index is 12.3. The van der Waals surface area contributed by atoms with Crippen LogP contribution in [-0.4, -0.2) is 52.4 Å². The Bertz CT molecular complexity index is 1100. The summed E-state index contributed by atoms with van der Waals surface area (Å²) in [5.74, 6) is 1.46. The summed E-state index contributed by atoms with van der Waals surface area (Å²) >= 11 is 0.